The van der Waals surface area contributed by atoms with Gasteiger partial charge in [0, 0.05) is 6.17 Å². The number of hydrogen-bond donors (Lipinski definition) is 0. The van der Waals surface area contributed by atoms with Crippen LogP contribution in [0.5, 0.6) is 0 Å². The van der Waals surface area contributed by atoms with Crippen LogP contribution in [-0.2, 0) is 0 Å². The van der Waals surface area contributed by atoms with Crippen LogP contribution in [0.4, 0.5) is 0 Å². The summed E-state index contributed by atoms with van der Waals surface area (Å²) in [7, 11) is -0.876. The van der Waals surface area contributed by atoms with Crippen LogP contribution in [-0.4, -0.2) is 20.5 Å². The summed E-state index contributed by atoms with van der Waals surface area (Å²) in [6, 6.07) is 0. The zero-order chi connectivity index (χ0) is 6.62. The van der Waals surface area contributed by atoms with E-state index >= 15 is 0 Å². The van der Waals surface area contributed by atoms with Gasteiger partial charge in [0.25, 0.3) is 0 Å². The van der Waals surface area contributed by atoms with E-state index in [0.717, 1.165) is 6.17 Å². The molecule has 0 aromatic carbocycles. The fraction of sp³-hybridized carbons (Fsp3) is 0.833. The van der Waals surface area contributed by atoms with E-state index in [0.29, 0.717) is 0 Å². The van der Waals surface area contributed by atoms with Crippen molar-refractivity contribution in [2.75, 3.05) is 6.17 Å². The largest absolute Gasteiger partial charge is 0.301 e. The Labute approximate surface area is 52.8 Å². The van der Waals surface area contributed by atoms with Gasteiger partial charge in [0.1, 0.15) is 0 Å². The molecule has 0 atom stereocenters. The summed E-state index contributed by atoms with van der Waals surface area (Å²) in [6.45, 7) is 8.93. The molecule has 0 saturated heterocycles. The Bertz CT molecular complexity index is 81.0. The second-order valence-corrected chi connectivity index (χ2v) is 8.60. The smallest absolute Gasteiger partial charge is 0.0692 e. The van der Waals surface area contributed by atoms with Crippen LogP contribution in [0.2, 0.25) is 19.6 Å². The highest BCUT2D eigenvalue weighted by Crippen LogP contribution is 1.98. The van der Waals surface area contributed by atoms with Gasteiger partial charge in [-0.25, -0.2) is 0 Å². The lowest BCUT2D eigenvalue weighted by atomic mass is 10.9. The zero-order valence-corrected chi connectivity index (χ0v) is 7.23. The third-order valence-corrected chi connectivity index (χ3v) is 1.88. The molecule has 0 fully saturated rings. The van der Waals surface area contributed by atoms with E-state index in [2.05, 4.69) is 24.6 Å². The van der Waals surface area contributed by atoms with Crippen molar-refractivity contribution in [2.45, 2.75) is 26.6 Å². The maximum atomic E-state index is 4.18. The molecule has 1 nitrogen and oxygen atoms in total. The van der Waals surface area contributed by atoms with Crippen molar-refractivity contribution in [1.29, 1.82) is 0 Å². The van der Waals surface area contributed by atoms with Gasteiger partial charge in [-0.3, -0.25) is 0 Å². The fourth-order valence-corrected chi connectivity index (χ4v) is 1.10. The molecule has 0 unspecified atom stereocenters. The number of hydrogen-bond acceptors (Lipinski definition) is 1. The molecular weight excluding hydrogens is 114 g/mol. The molecule has 2 heteroatoms. The highest BCUT2D eigenvalue weighted by molar-refractivity contribution is 6.76. The van der Waals surface area contributed by atoms with Crippen LogP contribution in [0.25, 0.3) is 0 Å². The number of nitrogens with zero attached hydrogens (tertiary/aromatic N) is 1. The molecular formula is C6H15NSi. The van der Waals surface area contributed by atoms with E-state index in [9.17, 15) is 0 Å². The maximum absolute atomic E-state index is 4.18. The van der Waals surface area contributed by atoms with E-state index in [-0.39, 0.29) is 0 Å². The molecule has 48 valence electrons. The average Bonchev–Trinajstić information content (AvgIpc) is 1.59. The first-order valence-corrected chi connectivity index (χ1v) is 6.71. The van der Waals surface area contributed by atoms with Gasteiger partial charge in [-0.2, -0.15) is 0 Å². The van der Waals surface area contributed by atoms with Crippen molar-refractivity contribution >= 4 is 14.3 Å². The summed E-state index contributed by atoms with van der Waals surface area (Å²) in [5.41, 5.74) is 0. The van der Waals surface area contributed by atoms with E-state index < -0.39 is 8.07 Å². The molecule has 0 saturated carbocycles. The lowest BCUT2D eigenvalue weighted by Gasteiger charge is -2.10. The van der Waals surface area contributed by atoms with Crippen LogP contribution in [0.1, 0.15) is 6.92 Å². The van der Waals surface area contributed by atoms with Gasteiger partial charge < -0.3 is 4.99 Å². The quantitative estimate of drug-likeness (QED) is 0.399. The van der Waals surface area contributed by atoms with Crippen LogP contribution in [0, 0.1) is 0 Å². The normalized spacial score (nSPS) is 13.0. The Hall–Kier alpha value is -0.113. The maximum Gasteiger partial charge on any atom is 0.0692 e. The lowest BCUT2D eigenvalue weighted by molar-refractivity contribution is 1.29. The van der Waals surface area contributed by atoms with Gasteiger partial charge in [0.05, 0.1) is 8.07 Å². The molecule has 0 aromatic rings. The summed E-state index contributed by atoms with van der Waals surface area (Å²) < 4.78 is 0. The molecule has 0 aliphatic heterocycles. The van der Waals surface area contributed by atoms with Gasteiger partial charge in [-0.15, -0.1) is 0 Å². The first-order chi connectivity index (χ1) is 3.56. The standard InChI is InChI=1S/C6H15NSi/c1-5-7-6-8(2,3)4/h5H,6H2,1-4H3/b7-5+. The Morgan fingerprint density at radius 2 is 1.88 bits per heavy atom. The molecule has 0 heterocycles. The molecule has 0 amide bonds. The van der Waals surface area contributed by atoms with Crippen LogP contribution in [0.3, 0.4) is 0 Å². The van der Waals surface area contributed by atoms with Gasteiger partial charge >= 0.3 is 0 Å². The Morgan fingerprint density at radius 1 is 1.38 bits per heavy atom. The van der Waals surface area contributed by atoms with Crippen molar-refractivity contribution < 1.29 is 0 Å². The Kier molecular flexibility index (Phi) is 2.98. The molecule has 0 bridgehead atoms. The lowest BCUT2D eigenvalue weighted by Crippen LogP contribution is -2.24. The summed E-state index contributed by atoms with van der Waals surface area (Å²) in [6.07, 6.45) is 2.96. The van der Waals surface area contributed by atoms with Crippen molar-refractivity contribution in [2.24, 2.45) is 4.99 Å². The predicted molar refractivity (Wildman–Crippen MR) is 42.4 cm³/mol. The minimum absolute atomic E-state index is 0.876. The third kappa shape index (κ3) is 5.89. The SMILES string of the molecule is C/C=N/C[Si](C)(C)C. The highest BCUT2D eigenvalue weighted by atomic mass is 28.3. The topological polar surface area (TPSA) is 12.4 Å². The second kappa shape index (κ2) is 3.02. The summed E-state index contributed by atoms with van der Waals surface area (Å²) in [5.74, 6) is 0. The van der Waals surface area contributed by atoms with Gasteiger partial charge in [-0.1, -0.05) is 19.6 Å². The fourth-order valence-electron chi connectivity index (χ4n) is 0.365. The average molecular weight is 129 g/mol. The summed E-state index contributed by atoms with van der Waals surface area (Å²) >= 11 is 0. The zero-order valence-electron chi connectivity index (χ0n) is 6.23. The minimum atomic E-state index is -0.876. The van der Waals surface area contributed by atoms with E-state index in [4.69, 9.17) is 0 Å². The van der Waals surface area contributed by atoms with E-state index in [1.165, 1.54) is 0 Å². The third-order valence-electron chi connectivity index (χ3n) is 0.748. The molecule has 0 rings (SSSR count). The first kappa shape index (κ1) is 7.89. The molecule has 0 aliphatic carbocycles. The molecule has 0 radical (unpaired) electrons. The second-order valence-electron chi connectivity index (χ2n) is 3.16. The first-order valence-electron chi connectivity index (χ1n) is 3.01. The number of aliphatic imine (C=N–C) groups is 1. The predicted octanol–water partition coefficient (Wildman–Crippen LogP) is 1.95. The van der Waals surface area contributed by atoms with Crippen LogP contribution in [0.15, 0.2) is 4.99 Å². The Balaban J connectivity index is 3.39. The van der Waals surface area contributed by atoms with Crippen molar-refractivity contribution in [3.8, 4) is 0 Å². The molecule has 0 spiro atoms. The Morgan fingerprint density at radius 3 is 2.00 bits per heavy atom. The summed E-state index contributed by atoms with van der Waals surface area (Å²) in [5, 5.41) is 0. The van der Waals surface area contributed by atoms with Crippen molar-refractivity contribution in [3.05, 3.63) is 0 Å². The molecule has 0 aliphatic rings. The van der Waals surface area contributed by atoms with Gasteiger partial charge in [-0.05, 0) is 13.1 Å². The van der Waals surface area contributed by atoms with Gasteiger partial charge in [0.2, 0.25) is 0 Å². The van der Waals surface area contributed by atoms with Crippen molar-refractivity contribution in [1.82, 2.24) is 0 Å². The van der Waals surface area contributed by atoms with E-state index in [1.54, 1.807) is 0 Å². The highest BCUT2D eigenvalue weighted by Gasteiger charge is 2.09. The molecule has 0 N–H and O–H groups in total. The minimum Gasteiger partial charge on any atom is -0.301 e. The monoisotopic (exact) mass is 129 g/mol. The molecule has 0 aromatic heterocycles. The van der Waals surface area contributed by atoms with Crippen LogP contribution >= 0.6 is 0 Å². The van der Waals surface area contributed by atoms with E-state index in [1.807, 2.05) is 13.1 Å². The number of rotatable bonds is 2. The van der Waals surface area contributed by atoms with Gasteiger partial charge in [0.15, 0.2) is 0 Å². The van der Waals surface area contributed by atoms with Crippen LogP contribution < -0.4 is 0 Å². The summed E-state index contributed by atoms with van der Waals surface area (Å²) in [4.78, 5) is 4.18. The molecule has 8 heavy (non-hydrogen) atoms. The van der Waals surface area contributed by atoms with Crippen molar-refractivity contribution in [3.63, 3.8) is 0 Å².